The zero-order chi connectivity index (χ0) is 11.2. The topological polar surface area (TPSA) is 51.2 Å². The van der Waals surface area contributed by atoms with Crippen LogP contribution in [0.2, 0.25) is 0 Å². The fourth-order valence-corrected chi connectivity index (χ4v) is 2.49. The first-order chi connectivity index (χ1) is 7.90. The number of furan rings is 1. The van der Waals surface area contributed by atoms with E-state index in [1.54, 1.807) is 6.26 Å². The molecule has 0 aliphatic heterocycles. The van der Waals surface area contributed by atoms with Crippen molar-refractivity contribution in [3.05, 3.63) is 24.2 Å². The third-order valence-corrected chi connectivity index (χ3v) is 3.41. The van der Waals surface area contributed by atoms with E-state index in [9.17, 15) is 0 Å². The standard InChI is InChI=1S/C13H22N2O/c14-10-12(13-8-5-9-16-13)15-11-6-3-1-2-4-7-11/h5,8-9,11-12,15H,1-4,6-7,10,14H2. The van der Waals surface area contributed by atoms with Crippen LogP contribution in [0.25, 0.3) is 0 Å². The Labute approximate surface area is 97.4 Å². The van der Waals surface area contributed by atoms with Crippen LogP contribution >= 0.6 is 0 Å². The maximum Gasteiger partial charge on any atom is 0.121 e. The molecular weight excluding hydrogens is 200 g/mol. The van der Waals surface area contributed by atoms with E-state index in [4.69, 9.17) is 10.2 Å². The van der Waals surface area contributed by atoms with Gasteiger partial charge >= 0.3 is 0 Å². The monoisotopic (exact) mass is 222 g/mol. The van der Waals surface area contributed by atoms with E-state index in [-0.39, 0.29) is 6.04 Å². The van der Waals surface area contributed by atoms with E-state index in [0.29, 0.717) is 12.6 Å². The van der Waals surface area contributed by atoms with Gasteiger partial charge in [0.05, 0.1) is 12.3 Å². The molecule has 1 aromatic heterocycles. The summed E-state index contributed by atoms with van der Waals surface area (Å²) >= 11 is 0. The second-order valence-corrected chi connectivity index (χ2v) is 4.66. The van der Waals surface area contributed by atoms with Gasteiger partial charge in [-0.15, -0.1) is 0 Å². The molecule has 1 aromatic rings. The summed E-state index contributed by atoms with van der Waals surface area (Å²) in [7, 11) is 0. The molecule has 1 heterocycles. The van der Waals surface area contributed by atoms with E-state index in [1.165, 1.54) is 38.5 Å². The van der Waals surface area contributed by atoms with Crippen LogP contribution < -0.4 is 11.1 Å². The Kier molecular flexibility index (Phi) is 4.43. The van der Waals surface area contributed by atoms with Crippen LogP contribution in [-0.2, 0) is 0 Å². The number of hydrogen-bond acceptors (Lipinski definition) is 3. The second kappa shape index (κ2) is 6.06. The molecule has 3 N–H and O–H groups in total. The molecule has 1 aliphatic rings. The molecule has 1 atom stereocenters. The fourth-order valence-electron chi connectivity index (χ4n) is 2.49. The SMILES string of the molecule is NCC(NC1CCCCCC1)c1ccco1. The average Bonchev–Trinajstić information content (AvgIpc) is 2.71. The summed E-state index contributed by atoms with van der Waals surface area (Å²) < 4.78 is 5.42. The van der Waals surface area contributed by atoms with Crippen molar-refractivity contribution in [1.29, 1.82) is 0 Å². The fraction of sp³-hybridized carbons (Fsp3) is 0.692. The van der Waals surface area contributed by atoms with Gasteiger partial charge in [0.25, 0.3) is 0 Å². The first-order valence-corrected chi connectivity index (χ1v) is 6.39. The molecule has 2 rings (SSSR count). The molecule has 0 amide bonds. The van der Waals surface area contributed by atoms with Crippen molar-refractivity contribution in [2.24, 2.45) is 5.73 Å². The van der Waals surface area contributed by atoms with Crippen molar-refractivity contribution >= 4 is 0 Å². The van der Waals surface area contributed by atoms with Gasteiger partial charge in [-0.1, -0.05) is 25.7 Å². The van der Waals surface area contributed by atoms with Crippen molar-refractivity contribution in [3.63, 3.8) is 0 Å². The van der Waals surface area contributed by atoms with Gasteiger partial charge < -0.3 is 15.5 Å². The highest BCUT2D eigenvalue weighted by atomic mass is 16.3. The van der Waals surface area contributed by atoms with E-state index in [0.717, 1.165) is 5.76 Å². The Morgan fingerprint density at radius 3 is 2.62 bits per heavy atom. The predicted molar refractivity (Wildman–Crippen MR) is 65.1 cm³/mol. The van der Waals surface area contributed by atoms with Crippen molar-refractivity contribution in [3.8, 4) is 0 Å². The van der Waals surface area contributed by atoms with Crippen LogP contribution in [0.5, 0.6) is 0 Å². The molecule has 1 saturated carbocycles. The minimum Gasteiger partial charge on any atom is -0.468 e. The second-order valence-electron chi connectivity index (χ2n) is 4.66. The first-order valence-electron chi connectivity index (χ1n) is 6.39. The molecule has 0 radical (unpaired) electrons. The van der Waals surface area contributed by atoms with Gasteiger partial charge in [0.1, 0.15) is 5.76 Å². The highest BCUT2D eigenvalue weighted by Gasteiger charge is 2.18. The quantitative estimate of drug-likeness (QED) is 0.770. The summed E-state index contributed by atoms with van der Waals surface area (Å²) in [6, 6.07) is 4.72. The summed E-state index contributed by atoms with van der Waals surface area (Å²) in [6.45, 7) is 0.601. The van der Waals surface area contributed by atoms with Crippen LogP contribution in [0.3, 0.4) is 0 Å². The van der Waals surface area contributed by atoms with Gasteiger partial charge in [-0.2, -0.15) is 0 Å². The Balaban J connectivity index is 1.90. The van der Waals surface area contributed by atoms with Crippen LogP contribution in [-0.4, -0.2) is 12.6 Å². The molecule has 0 spiro atoms. The molecule has 90 valence electrons. The summed E-state index contributed by atoms with van der Waals surface area (Å²) in [5.41, 5.74) is 5.80. The lowest BCUT2D eigenvalue weighted by Crippen LogP contribution is -2.36. The largest absolute Gasteiger partial charge is 0.468 e. The Morgan fingerprint density at radius 1 is 1.31 bits per heavy atom. The lowest BCUT2D eigenvalue weighted by Gasteiger charge is -2.22. The Bertz CT molecular complexity index is 276. The van der Waals surface area contributed by atoms with E-state index >= 15 is 0 Å². The highest BCUT2D eigenvalue weighted by Crippen LogP contribution is 2.21. The molecule has 16 heavy (non-hydrogen) atoms. The summed E-state index contributed by atoms with van der Waals surface area (Å²) in [5, 5.41) is 3.63. The lowest BCUT2D eigenvalue weighted by atomic mass is 10.1. The average molecular weight is 222 g/mol. The molecule has 3 heteroatoms. The van der Waals surface area contributed by atoms with Gasteiger partial charge in [0.15, 0.2) is 0 Å². The van der Waals surface area contributed by atoms with Crippen molar-refractivity contribution in [2.45, 2.75) is 50.6 Å². The normalized spacial score (nSPS) is 20.6. The minimum absolute atomic E-state index is 0.179. The molecule has 0 saturated heterocycles. The van der Waals surface area contributed by atoms with Gasteiger partial charge in [-0.05, 0) is 25.0 Å². The third-order valence-electron chi connectivity index (χ3n) is 3.41. The van der Waals surface area contributed by atoms with Crippen LogP contribution in [0.1, 0.15) is 50.3 Å². The molecule has 0 bridgehead atoms. The van der Waals surface area contributed by atoms with Crippen molar-refractivity contribution in [2.75, 3.05) is 6.54 Å². The van der Waals surface area contributed by atoms with Crippen LogP contribution in [0.15, 0.2) is 22.8 Å². The third kappa shape index (κ3) is 3.09. The maximum absolute atomic E-state index is 5.80. The molecule has 1 aliphatic carbocycles. The number of hydrogen-bond donors (Lipinski definition) is 2. The number of rotatable bonds is 4. The van der Waals surface area contributed by atoms with E-state index < -0.39 is 0 Å². The van der Waals surface area contributed by atoms with Crippen LogP contribution in [0.4, 0.5) is 0 Å². The number of nitrogens with two attached hydrogens (primary N) is 1. The predicted octanol–water partition coefficient (Wildman–Crippen LogP) is 2.59. The molecule has 3 nitrogen and oxygen atoms in total. The van der Waals surface area contributed by atoms with Crippen molar-refractivity contribution in [1.82, 2.24) is 5.32 Å². The van der Waals surface area contributed by atoms with E-state index in [2.05, 4.69) is 5.32 Å². The van der Waals surface area contributed by atoms with Crippen LogP contribution in [0, 0.1) is 0 Å². The summed E-state index contributed by atoms with van der Waals surface area (Å²) in [6.07, 6.45) is 9.71. The Hall–Kier alpha value is -0.800. The molecule has 1 fully saturated rings. The van der Waals surface area contributed by atoms with Gasteiger partial charge in [-0.3, -0.25) is 0 Å². The summed E-state index contributed by atoms with van der Waals surface area (Å²) in [4.78, 5) is 0. The van der Waals surface area contributed by atoms with Gasteiger partial charge in [-0.25, -0.2) is 0 Å². The number of nitrogens with one attached hydrogen (secondary N) is 1. The zero-order valence-corrected chi connectivity index (χ0v) is 9.82. The van der Waals surface area contributed by atoms with Gasteiger partial charge in [0.2, 0.25) is 0 Å². The van der Waals surface area contributed by atoms with Gasteiger partial charge in [0, 0.05) is 12.6 Å². The maximum atomic E-state index is 5.80. The zero-order valence-electron chi connectivity index (χ0n) is 9.82. The smallest absolute Gasteiger partial charge is 0.121 e. The molecule has 1 unspecified atom stereocenters. The van der Waals surface area contributed by atoms with Crippen molar-refractivity contribution < 1.29 is 4.42 Å². The minimum atomic E-state index is 0.179. The first kappa shape index (κ1) is 11.7. The van der Waals surface area contributed by atoms with E-state index in [1.807, 2.05) is 12.1 Å². The Morgan fingerprint density at radius 2 is 2.06 bits per heavy atom. The molecular formula is C13H22N2O. The highest BCUT2D eigenvalue weighted by molar-refractivity contribution is 5.05. The summed E-state index contributed by atoms with van der Waals surface area (Å²) in [5.74, 6) is 0.965. The molecule has 0 aromatic carbocycles. The lowest BCUT2D eigenvalue weighted by molar-refractivity contribution is 0.355.